The van der Waals surface area contributed by atoms with E-state index in [2.05, 4.69) is 5.32 Å². The summed E-state index contributed by atoms with van der Waals surface area (Å²) < 4.78 is 5.21. The van der Waals surface area contributed by atoms with E-state index in [1.54, 1.807) is 7.05 Å². The number of nitrogens with one attached hydrogen (secondary N) is 1. The van der Waals surface area contributed by atoms with E-state index >= 15 is 0 Å². The number of esters is 1. The van der Waals surface area contributed by atoms with Crippen LogP contribution in [0.15, 0.2) is 18.2 Å². The van der Waals surface area contributed by atoms with Gasteiger partial charge >= 0.3 is 5.97 Å². The maximum atomic E-state index is 12.6. The first kappa shape index (κ1) is 19.1. The molecule has 2 fully saturated rings. The van der Waals surface area contributed by atoms with Crippen molar-refractivity contribution < 1.29 is 19.2 Å². The number of ether oxygens (including phenoxy) is 1. The second-order valence-corrected chi connectivity index (χ2v) is 7.15. The van der Waals surface area contributed by atoms with Crippen molar-refractivity contribution in [3.8, 4) is 0 Å². The van der Waals surface area contributed by atoms with Crippen molar-refractivity contribution >= 4 is 23.3 Å². The molecule has 0 radical (unpaired) electrons. The van der Waals surface area contributed by atoms with Gasteiger partial charge in [0.1, 0.15) is 0 Å². The van der Waals surface area contributed by atoms with Crippen molar-refractivity contribution in [3.05, 3.63) is 33.9 Å². The Labute approximate surface area is 158 Å². The molecular formula is C19H25N3O5. The molecule has 27 heavy (non-hydrogen) atoms. The van der Waals surface area contributed by atoms with Crippen molar-refractivity contribution in [3.63, 3.8) is 0 Å². The summed E-state index contributed by atoms with van der Waals surface area (Å²) in [6.45, 7) is 0.365. The number of likely N-dealkylation sites (tertiary alicyclic amines) is 1. The number of fused-ring (bicyclic) bond motifs is 1. The minimum absolute atomic E-state index is 0.0497. The second-order valence-electron chi connectivity index (χ2n) is 7.15. The normalized spacial score (nSPS) is 21.9. The van der Waals surface area contributed by atoms with E-state index in [-0.39, 0.29) is 29.8 Å². The van der Waals surface area contributed by atoms with E-state index in [0.717, 1.165) is 38.2 Å². The largest absolute Gasteiger partial charge is 0.452 e. The van der Waals surface area contributed by atoms with Gasteiger partial charge in [-0.05, 0) is 37.7 Å². The van der Waals surface area contributed by atoms with Crippen LogP contribution in [0.4, 0.5) is 11.4 Å². The van der Waals surface area contributed by atoms with Gasteiger partial charge in [0.05, 0.1) is 10.5 Å². The van der Waals surface area contributed by atoms with Crippen LogP contribution in [0.2, 0.25) is 0 Å². The number of amides is 1. The van der Waals surface area contributed by atoms with Crippen molar-refractivity contribution in [2.24, 2.45) is 5.92 Å². The van der Waals surface area contributed by atoms with Crippen molar-refractivity contribution in [1.82, 2.24) is 4.90 Å². The number of benzene rings is 1. The molecule has 0 unspecified atom stereocenters. The number of carbonyl (C=O) groups is 2. The lowest BCUT2D eigenvalue weighted by molar-refractivity contribution is -0.384. The number of hydrogen-bond donors (Lipinski definition) is 1. The minimum atomic E-state index is -0.742. The molecule has 1 aromatic carbocycles. The van der Waals surface area contributed by atoms with E-state index in [1.807, 2.05) is 4.90 Å². The Kier molecular flexibility index (Phi) is 5.93. The van der Waals surface area contributed by atoms with Crippen LogP contribution in [-0.4, -0.2) is 47.9 Å². The maximum absolute atomic E-state index is 12.6. The molecule has 2 atom stereocenters. The summed E-state index contributed by atoms with van der Waals surface area (Å²) in [5.41, 5.74) is 0.269. The highest BCUT2D eigenvalue weighted by Gasteiger charge is 2.35. The molecule has 1 saturated carbocycles. The molecule has 8 nitrogen and oxygen atoms in total. The lowest BCUT2D eigenvalue weighted by atomic mass is 9.78. The van der Waals surface area contributed by atoms with Crippen LogP contribution in [0, 0.1) is 16.0 Å². The molecule has 1 heterocycles. The fraction of sp³-hybridized carbons (Fsp3) is 0.579. The fourth-order valence-electron chi connectivity index (χ4n) is 4.26. The zero-order valence-corrected chi connectivity index (χ0v) is 15.5. The van der Waals surface area contributed by atoms with E-state index in [4.69, 9.17) is 4.74 Å². The van der Waals surface area contributed by atoms with Crippen LogP contribution in [0.25, 0.3) is 0 Å². The van der Waals surface area contributed by atoms with Crippen molar-refractivity contribution in [1.29, 1.82) is 0 Å². The predicted molar refractivity (Wildman–Crippen MR) is 99.6 cm³/mol. The first-order chi connectivity index (χ1) is 13.0. The molecule has 1 aromatic rings. The van der Waals surface area contributed by atoms with E-state index in [0.29, 0.717) is 18.2 Å². The van der Waals surface area contributed by atoms with Crippen LogP contribution in [0.1, 0.15) is 48.9 Å². The van der Waals surface area contributed by atoms with Gasteiger partial charge in [0.15, 0.2) is 6.61 Å². The molecule has 146 valence electrons. The topological polar surface area (TPSA) is 102 Å². The van der Waals surface area contributed by atoms with Crippen LogP contribution in [0.5, 0.6) is 0 Å². The Morgan fingerprint density at radius 1 is 1.26 bits per heavy atom. The van der Waals surface area contributed by atoms with Crippen molar-refractivity contribution in [2.75, 3.05) is 25.5 Å². The summed E-state index contributed by atoms with van der Waals surface area (Å²) in [6, 6.07) is 4.18. The van der Waals surface area contributed by atoms with E-state index < -0.39 is 10.9 Å². The van der Waals surface area contributed by atoms with Crippen LogP contribution in [-0.2, 0) is 9.53 Å². The number of anilines is 1. The van der Waals surface area contributed by atoms with E-state index in [9.17, 15) is 19.7 Å². The van der Waals surface area contributed by atoms with E-state index in [1.165, 1.54) is 18.6 Å². The number of nitro groups is 1. The van der Waals surface area contributed by atoms with Gasteiger partial charge in [-0.25, -0.2) is 4.79 Å². The summed E-state index contributed by atoms with van der Waals surface area (Å²) in [4.78, 5) is 37.3. The molecule has 1 aliphatic heterocycles. The zero-order chi connectivity index (χ0) is 19.4. The first-order valence-corrected chi connectivity index (χ1v) is 9.44. The Bertz CT molecular complexity index is 734. The Balaban J connectivity index is 1.65. The average Bonchev–Trinajstić information content (AvgIpc) is 2.70. The molecule has 0 spiro atoms. The number of nitrogens with zero attached hydrogens (tertiary/aromatic N) is 2. The van der Waals surface area contributed by atoms with Gasteiger partial charge in [-0.1, -0.05) is 12.8 Å². The quantitative estimate of drug-likeness (QED) is 0.482. The highest BCUT2D eigenvalue weighted by molar-refractivity contribution is 5.97. The lowest BCUT2D eigenvalue weighted by Gasteiger charge is -2.44. The monoisotopic (exact) mass is 375 g/mol. The molecule has 1 amide bonds. The predicted octanol–water partition coefficient (Wildman–Crippen LogP) is 2.97. The summed E-state index contributed by atoms with van der Waals surface area (Å²) in [5, 5.41) is 13.8. The Morgan fingerprint density at radius 3 is 2.74 bits per heavy atom. The van der Waals surface area contributed by atoms with Crippen LogP contribution < -0.4 is 5.32 Å². The van der Waals surface area contributed by atoms with Gasteiger partial charge in [0, 0.05) is 37.5 Å². The third kappa shape index (κ3) is 4.20. The summed E-state index contributed by atoms with van der Waals surface area (Å²) in [7, 11) is 1.61. The molecule has 2 aliphatic rings. The van der Waals surface area contributed by atoms with Crippen LogP contribution in [0.3, 0.4) is 0 Å². The number of hydrogen-bond acceptors (Lipinski definition) is 6. The summed E-state index contributed by atoms with van der Waals surface area (Å²) in [6.07, 6.45) is 6.66. The first-order valence-electron chi connectivity index (χ1n) is 9.44. The average molecular weight is 375 g/mol. The fourth-order valence-corrected chi connectivity index (χ4v) is 4.26. The lowest BCUT2D eigenvalue weighted by Crippen LogP contribution is -2.50. The Hall–Kier alpha value is -2.64. The zero-order valence-electron chi connectivity index (χ0n) is 15.5. The minimum Gasteiger partial charge on any atom is -0.452 e. The smallest absolute Gasteiger partial charge is 0.341 e. The highest BCUT2D eigenvalue weighted by atomic mass is 16.6. The third-order valence-electron chi connectivity index (χ3n) is 5.59. The number of rotatable bonds is 5. The molecule has 1 N–H and O–H groups in total. The highest BCUT2D eigenvalue weighted by Crippen LogP contribution is 2.35. The molecule has 0 aromatic heterocycles. The number of non-ortho nitro benzene ring substituents is 1. The van der Waals surface area contributed by atoms with Gasteiger partial charge < -0.3 is 15.0 Å². The van der Waals surface area contributed by atoms with Gasteiger partial charge in [-0.15, -0.1) is 0 Å². The molecule has 8 heteroatoms. The van der Waals surface area contributed by atoms with Crippen LogP contribution >= 0.6 is 0 Å². The maximum Gasteiger partial charge on any atom is 0.341 e. The molecule has 1 saturated heterocycles. The summed E-state index contributed by atoms with van der Waals surface area (Å²) in [5.74, 6) is -0.371. The van der Waals surface area contributed by atoms with Gasteiger partial charge in [-0.2, -0.15) is 0 Å². The Morgan fingerprint density at radius 2 is 2.00 bits per heavy atom. The number of carbonyl (C=O) groups excluding carboxylic acids is 2. The van der Waals surface area contributed by atoms with Gasteiger partial charge in [0.25, 0.3) is 11.6 Å². The molecule has 1 aliphatic carbocycles. The molecular weight excluding hydrogens is 350 g/mol. The second kappa shape index (κ2) is 8.37. The standard InChI is InChI=1S/C19H25N3O5/c1-20-16-9-8-14(22(25)26)11-15(16)19(24)27-12-18(23)21-10-4-6-13-5-2-3-7-17(13)21/h8-9,11,13,17,20H,2-7,10,12H2,1H3/t13-,17+/m1/s1. The third-order valence-corrected chi connectivity index (χ3v) is 5.59. The SMILES string of the molecule is CNc1ccc([N+](=O)[O-])cc1C(=O)OCC(=O)N1CCC[C@H]2CCCC[C@@H]21. The molecule has 0 bridgehead atoms. The number of nitro benzene ring substituents is 1. The number of piperidine rings is 1. The molecule has 3 rings (SSSR count). The van der Waals surface area contributed by atoms with Crippen molar-refractivity contribution in [2.45, 2.75) is 44.6 Å². The van der Waals surface area contributed by atoms with Gasteiger partial charge in [-0.3, -0.25) is 14.9 Å². The summed E-state index contributed by atoms with van der Waals surface area (Å²) >= 11 is 0. The van der Waals surface area contributed by atoms with Gasteiger partial charge in [0.2, 0.25) is 0 Å².